The highest BCUT2D eigenvalue weighted by atomic mass is 16.2. The van der Waals surface area contributed by atoms with Crippen LogP contribution in [0.3, 0.4) is 0 Å². The Morgan fingerprint density at radius 2 is 2.26 bits per heavy atom. The minimum absolute atomic E-state index is 0.294. The van der Waals surface area contributed by atoms with Gasteiger partial charge < -0.3 is 10.2 Å². The zero-order chi connectivity index (χ0) is 16.2. The van der Waals surface area contributed by atoms with Crippen LogP contribution in [0.2, 0.25) is 0 Å². The lowest BCUT2D eigenvalue weighted by Gasteiger charge is -2.24. The van der Waals surface area contributed by atoms with Crippen LogP contribution in [-0.4, -0.2) is 25.0 Å². The third kappa shape index (κ3) is 3.77. The molecule has 1 aromatic carbocycles. The van der Waals surface area contributed by atoms with E-state index in [0.29, 0.717) is 18.4 Å². The molecule has 3 nitrogen and oxygen atoms in total. The van der Waals surface area contributed by atoms with Crippen molar-refractivity contribution in [2.45, 2.75) is 64.8 Å². The molecular weight excluding hydrogens is 284 g/mol. The third-order valence-electron chi connectivity index (χ3n) is 5.30. The SMILES string of the molecule is CCCCC(=O)N1c2ccc(CC3CCCNC3)cc2CC1C. The fourth-order valence-electron chi connectivity index (χ4n) is 4.07. The Morgan fingerprint density at radius 3 is 3.00 bits per heavy atom. The van der Waals surface area contributed by atoms with Crippen molar-refractivity contribution in [3.05, 3.63) is 29.3 Å². The first-order valence-electron chi connectivity index (χ1n) is 9.33. The Labute approximate surface area is 140 Å². The van der Waals surface area contributed by atoms with Gasteiger partial charge in [-0.05, 0) is 75.2 Å². The second-order valence-electron chi connectivity index (χ2n) is 7.30. The van der Waals surface area contributed by atoms with Gasteiger partial charge in [0.1, 0.15) is 0 Å². The first-order chi connectivity index (χ1) is 11.2. The van der Waals surface area contributed by atoms with Gasteiger partial charge >= 0.3 is 0 Å². The molecule has 0 radical (unpaired) electrons. The maximum absolute atomic E-state index is 12.5. The van der Waals surface area contributed by atoms with Crippen LogP contribution in [0.15, 0.2) is 18.2 Å². The van der Waals surface area contributed by atoms with Crippen LogP contribution in [0.4, 0.5) is 5.69 Å². The van der Waals surface area contributed by atoms with Crippen molar-refractivity contribution in [2.24, 2.45) is 5.92 Å². The average molecular weight is 314 g/mol. The maximum Gasteiger partial charge on any atom is 0.227 e. The van der Waals surface area contributed by atoms with E-state index in [-0.39, 0.29) is 0 Å². The Kier molecular flexibility index (Phi) is 5.37. The average Bonchev–Trinajstić information content (AvgIpc) is 2.88. The number of amides is 1. The molecule has 2 heterocycles. The van der Waals surface area contributed by atoms with E-state index in [1.165, 1.54) is 36.9 Å². The molecule has 2 aliphatic heterocycles. The predicted molar refractivity (Wildman–Crippen MR) is 95.9 cm³/mol. The van der Waals surface area contributed by atoms with Crippen LogP contribution in [0.25, 0.3) is 0 Å². The highest BCUT2D eigenvalue weighted by Crippen LogP contribution is 2.34. The van der Waals surface area contributed by atoms with Crippen molar-refractivity contribution in [2.75, 3.05) is 18.0 Å². The van der Waals surface area contributed by atoms with Crippen molar-refractivity contribution >= 4 is 11.6 Å². The van der Waals surface area contributed by atoms with Crippen LogP contribution in [0.5, 0.6) is 0 Å². The molecular formula is C20H30N2O. The van der Waals surface area contributed by atoms with Crippen molar-refractivity contribution in [3.63, 3.8) is 0 Å². The Balaban J connectivity index is 1.71. The first-order valence-corrected chi connectivity index (χ1v) is 9.33. The first kappa shape index (κ1) is 16.5. The number of hydrogen-bond acceptors (Lipinski definition) is 2. The summed E-state index contributed by atoms with van der Waals surface area (Å²) in [5, 5.41) is 3.50. The van der Waals surface area contributed by atoms with Crippen molar-refractivity contribution in [1.29, 1.82) is 0 Å². The molecule has 0 aromatic heterocycles. The van der Waals surface area contributed by atoms with Crippen LogP contribution >= 0.6 is 0 Å². The highest BCUT2D eigenvalue weighted by Gasteiger charge is 2.30. The van der Waals surface area contributed by atoms with E-state index in [4.69, 9.17) is 0 Å². The van der Waals surface area contributed by atoms with Gasteiger partial charge in [-0.1, -0.05) is 25.5 Å². The number of hydrogen-bond donors (Lipinski definition) is 1. The summed E-state index contributed by atoms with van der Waals surface area (Å²) < 4.78 is 0. The minimum atomic E-state index is 0.294. The summed E-state index contributed by atoms with van der Waals surface area (Å²) in [5.74, 6) is 1.06. The lowest BCUT2D eigenvalue weighted by atomic mass is 9.91. The summed E-state index contributed by atoms with van der Waals surface area (Å²) in [6.45, 7) is 6.64. The smallest absolute Gasteiger partial charge is 0.227 e. The van der Waals surface area contributed by atoms with Gasteiger partial charge in [-0.3, -0.25) is 4.79 Å². The van der Waals surface area contributed by atoms with Crippen molar-refractivity contribution < 1.29 is 4.79 Å². The van der Waals surface area contributed by atoms with E-state index in [2.05, 4.69) is 37.4 Å². The van der Waals surface area contributed by atoms with Gasteiger partial charge in [-0.25, -0.2) is 0 Å². The number of benzene rings is 1. The summed E-state index contributed by atoms with van der Waals surface area (Å²) in [6, 6.07) is 7.09. The second-order valence-corrected chi connectivity index (χ2v) is 7.30. The van der Waals surface area contributed by atoms with E-state index in [1.54, 1.807) is 0 Å². The largest absolute Gasteiger partial charge is 0.316 e. The molecule has 2 atom stereocenters. The number of carbonyl (C=O) groups is 1. The van der Waals surface area contributed by atoms with Crippen LogP contribution < -0.4 is 10.2 Å². The van der Waals surface area contributed by atoms with Crippen LogP contribution in [0, 0.1) is 5.92 Å². The topological polar surface area (TPSA) is 32.3 Å². The number of rotatable bonds is 5. The number of anilines is 1. The van der Waals surface area contributed by atoms with E-state index in [1.807, 2.05) is 4.90 Å². The molecule has 1 fully saturated rings. The molecule has 1 amide bonds. The summed E-state index contributed by atoms with van der Waals surface area (Å²) in [5.41, 5.74) is 3.96. The molecule has 0 aliphatic carbocycles. The minimum Gasteiger partial charge on any atom is -0.316 e. The van der Waals surface area contributed by atoms with Crippen LogP contribution in [-0.2, 0) is 17.6 Å². The van der Waals surface area contributed by atoms with E-state index in [0.717, 1.165) is 37.4 Å². The van der Waals surface area contributed by atoms with Gasteiger partial charge in [0.25, 0.3) is 0 Å². The monoisotopic (exact) mass is 314 g/mol. The van der Waals surface area contributed by atoms with E-state index >= 15 is 0 Å². The van der Waals surface area contributed by atoms with Gasteiger partial charge in [0, 0.05) is 18.2 Å². The third-order valence-corrected chi connectivity index (χ3v) is 5.30. The Morgan fingerprint density at radius 1 is 1.39 bits per heavy atom. The number of unbranched alkanes of at least 4 members (excludes halogenated alkanes) is 1. The second kappa shape index (κ2) is 7.48. The molecule has 0 saturated carbocycles. The highest BCUT2D eigenvalue weighted by molar-refractivity contribution is 5.96. The lowest BCUT2D eigenvalue weighted by Crippen LogP contribution is -2.35. The molecule has 2 aliphatic rings. The zero-order valence-corrected chi connectivity index (χ0v) is 14.6. The van der Waals surface area contributed by atoms with Crippen molar-refractivity contribution in [3.8, 4) is 0 Å². The summed E-state index contributed by atoms with van der Waals surface area (Å²) in [6.07, 6.45) is 7.55. The maximum atomic E-state index is 12.5. The van der Waals surface area contributed by atoms with Gasteiger partial charge in [0.05, 0.1) is 0 Å². The Bertz CT molecular complexity index is 549. The normalized spacial score (nSPS) is 23.8. The molecule has 2 unspecified atom stereocenters. The van der Waals surface area contributed by atoms with E-state index in [9.17, 15) is 4.79 Å². The molecule has 126 valence electrons. The van der Waals surface area contributed by atoms with Gasteiger partial charge in [0.2, 0.25) is 5.91 Å². The molecule has 0 spiro atoms. The predicted octanol–water partition coefficient (Wildman–Crippen LogP) is 3.70. The standard InChI is InChI=1S/C20H30N2O/c1-3-4-7-20(23)22-15(2)11-18-13-16(8-9-19(18)22)12-17-6-5-10-21-14-17/h8-9,13,15,17,21H,3-7,10-12,14H2,1-2H3. The van der Waals surface area contributed by atoms with E-state index < -0.39 is 0 Å². The number of fused-ring (bicyclic) bond motifs is 1. The fourth-order valence-corrected chi connectivity index (χ4v) is 4.07. The summed E-state index contributed by atoms with van der Waals surface area (Å²) in [4.78, 5) is 14.5. The lowest BCUT2D eigenvalue weighted by molar-refractivity contribution is -0.119. The van der Waals surface area contributed by atoms with Gasteiger partial charge in [-0.2, -0.15) is 0 Å². The Hall–Kier alpha value is -1.35. The number of carbonyl (C=O) groups excluding carboxylic acids is 1. The van der Waals surface area contributed by atoms with Gasteiger partial charge in [-0.15, -0.1) is 0 Å². The molecule has 3 rings (SSSR count). The molecule has 0 bridgehead atoms. The molecule has 1 saturated heterocycles. The molecule has 1 aromatic rings. The quantitative estimate of drug-likeness (QED) is 0.899. The zero-order valence-electron chi connectivity index (χ0n) is 14.6. The molecule has 1 N–H and O–H groups in total. The number of nitrogens with zero attached hydrogens (tertiary/aromatic N) is 1. The van der Waals surface area contributed by atoms with Gasteiger partial charge in [0.15, 0.2) is 0 Å². The summed E-state index contributed by atoms with van der Waals surface area (Å²) >= 11 is 0. The fraction of sp³-hybridized carbons (Fsp3) is 0.650. The number of nitrogens with one attached hydrogen (secondary N) is 1. The van der Waals surface area contributed by atoms with Crippen molar-refractivity contribution in [1.82, 2.24) is 5.32 Å². The molecule has 3 heteroatoms. The number of piperidine rings is 1. The summed E-state index contributed by atoms with van der Waals surface area (Å²) in [7, 11) is 0. The molecule has 23 heavy (non-hydrogen) atoms. The van der Waals surface area contributed by atoms with Crippen LogP contribution in [0.1, 0.15) is 57.1 Å².